The van der Waals surface area contributed by atoms with Gasteiger partial charge in [0.2, 0.25) is 5.95 Å². The van der Waals surface area contributed by atoms with Gasteiger partial charge in [-0.3, -0.25) is 4.68 Å². The molecule has 2 fully saturated rings. The zero-order valence-corrected chi connectivity index (χ0v) is 17.0. The highest BCUT2D eigenvalue weighted by atomic mass is 16.5. The van der Waals surface area contributed by atoms with Crippen LogP contribution in [0.4, 0.5) is 5.95 Å². The largest absolute Gasteiger partial charge is 0.381 e. The van der Waals surface area contributed by atoms with Gasteiger partial charge in [0, 0.05) is 55.7 Å². The number of nitrogens with one attached hydrogen (secondary N) is 1. The van der Waals surface area contributed by atoms with Crippen LogP contribution in [0, 0.1) is 0 Å². The first-order chi connectivity index (χ1) is 13.7. The van der Waals surface area contributed by atoms with Crippen molar-refractivity contribution in [3.63, 3.8) is 0 Å². The fourth-order valence-corrected chi connectivity index (χ4v) is 4.54. The number of ether oxygens (including phenoxy) is 1. The molecule has 0 radical (unpaired) electrons. The van der Waals surface area contributed by atoms with Crippen LogP contribution in [0.3, 0.4) is 0 Å². The molecule has 0 bridgehead atoms. The summed E-state index contributed by atoms with van der Waals surface area (Å²) >= 11 is 0. The lowest BCUT2D eigenvalue weighted by atomic mass is 9.91. The lowest BCUT2D eigenvalue weighted by Crippen LogP contribution is -2.33. The topological polar surface area (TPSA) is 90.9 Å². The molecule has 7 nitrogen and oxygen atoms in total. The maximum absolute atomic E-state index is 6.04. The monoisotopic (exact) mass is 384 g/mol. The highest BCUT2D eigenvalue weighted by Crippen LogP contribution is 2.36. The number of rotatable bonds is 5. The van der Waals surface area contributed by atoms with Crippen molar-refractivity contribution >= 4 is 5.95 Å². The van der Waals surface area contributed by atoms with Gasteiger partial charge < -0.3 is 15.8 Å². The first-order valence-electron chi connectivity index (χ1n) is 10.6. The minimum absolute atomic E-state index is 0.342. The summed E-state index contributed by atoms with van der Waals surface area (Å²) in [5.74, 6) is 1.14. The van der Waals surface area contributed by atoms with Crippen molar-refractivity contribution in [3.8, 4) is 11.3 Å². The average molecular weight is 385 g/mol. The third kappa shape index (κ3) is 4.05. The maximum Gasteiger partial charge on any atom is 0.223 e. The van der Waals surface area contributed by atoms with Crippen LogP contribution in [0.15, 0.2) is 12.3 Å². The number of anilines is 1. The Kier molecular flexibility index (Phi) is 5.92. The number of nitrogens with zero attached hydrogens (tertiary/aromatic N) is 4. The predicted molar refractivity (Wildman–Crippen MR) is 110 cm³/mol. The summed E-state index contributed by atoms with van der Waals surface area (Å²) in [6, 6.07) is 2.76. The van der Waals surface area contributed by atoms with E-state index in [9.17, 15) is 0 Å². The van der Waals surface area contributed by atoms with Gasteiger partial charge >= 0.3 is 0 Å². The van der Waals surface area contributed by atoms with Crippen molar-refractivity contribution < 1.29 is 4.74 Å². The molecule has 1 saturated heterocycles. The molecule has 7 heteroatoms. The van der Waals surface area contributed by atoms with Crippen LogP contribution >= 0.6 is 0 Å². The molecule has 0 atom stereocenters. The number of nitrogens with two attached hydrogens (primary N) is 1. The Labute approximate surface area is 167 Å². The molecule has 2 aromatic heterocycles. The van der Waals surface area contributed by atoms with E-state index in [1.54, 1.807) is 0 Å². The van der Waals surface area contributed by atoms with E-state index in [1.165, 1.54) is 11.3 Å². The summed E-state index contributed by atoms with van der Waals surface area (Å²) in [7, 11) is 2.04. The van der Waals surface area contributed by atoms with E-state index in [0.717, 1.165) is 69.5 Å². The van der Waals surface area contributed by atoms with Crippen LogP contribution in [0.5, 0.6) is 0 Å². The molecule has 152 valence electrons. The standard InChI is InChI=1S/C21H32N6O/c1-3-18-19(20(26-27(18)2)14-9-12-28-13-10-14)17-8-11-23-21(25-17)24-16-6-4-15(22)5-7-16/h8,11,14-16H,3-7,9-10,12-13,22H2,1-2H3,(H,23,24,25). The van der Waals surface area contributed by atoms with E-state index in [0.29, 0.717) is 23.9 Å². The van der Waals surface area contributed by atoms with Gasteiger partial charge in [0.1, 0.15) is 0 Å². The third-order valence-electron chi connectivity index (χ3n) is 6.15. The number of hydrogen-bond acceptors (Lipinski definition) is 6. The highest BCUT2D eigenvalue weighted by molar-refractivity contribution is 5.67. The molecule has 0 amide bonds. The SMILES string of the molecule is CCc1c(-c2ccnc(NC3CCC(N)CC3)n2)c(C2CCOCC2)nn1C. The molecular formula is C21H32N6O. The molecular weight excluding hydrogens is 352 g/mol. The summed E-state index contributed by atoms with van der Waals surface area (Å²) in [5, 5.41) is 8.43. The third-order valence-corrected chi connectivity index (χ3v) is 6.15. The van der Waals surface area contributed by atoms with Gasteiger partial charge in [0.05, 0.1) is 11.4 Å². The Balaban J connectivity index is 1.63. The number of hydrogen-bond donors (Lipinski definition) is 2. The van der Waals surface area contributed by atoms with Gasteiger partial charge in [0.15, 0.2) is 0 Å². The summed E-state index contributed by atoms with van der Waals surface area (Å²) in [4.78, 5) is 9.38. The van der Waals surface area contributed by atoms with E-state index in [1.807, 2.05) is 24.0 Å². The number of aryl methyl sites for hydroxylation is 1. The lowest BCUT2D eigenvalue weighted by molar-refractivity contribution is 0.0845. The predicted octanol–water partition coefficient (Wildman–Crippen LogP) is 3.02. The normalized spacial score (nSPS) is 23.7. The van der Waals surface area contributed by atoms with Crippen molar-refractivity contribution in [2.24, 2.45) is 12.8 Å². The van der Waals surface area contributed by atoms with Crippen molar-refractivity contribution in [1.82, 2.24) is 19.7 Å². The summed E-state index contributed by atoms with van der Waals surface area (Å²) in [5.41, 5.74) is 10.6. The zero-order valence-electron chi connectivity index (χ0n) is 17.0. The molecule has 28 heavy (non-hydrogen) atoms. The molecule has 1 aliphatic heterocycles. The van der Waals surface area contributed by atoms with Gasteiger partial charge in [-0.05, 0) is 51.0 Å². The summed E-state index contributed by atoms with van der Waals surface area (Å²) in [6.07, 6.45) is 9.11. The summed E-state index contributed by atoms with van der Waals surface area (Å²) in [6.45, 7) is 3.80. The van der Waals surface area contributed by atoms with Crippen molar-refractivity contribution in [2.45, 2.75) is 69.9 Å². The molecule has 2 aliphatic rings. The smallest absolute Gasteiger partial charge is 0.223 e. The Morgan fingerprint density at radius 1 is 1.18 bits per heavy atom. The Hall–Kier alpha value is -1.99. The Bertz CT molecular complexity index is 790. The van der Waals surface area contributed by atoms with Crippen LogP contribution in [-0.4, -0.2) is 45.0 Å². The lowest BCUT2D eigenvalue weighted by Gasteiger charge is -2.26. The first-order valence-corrected chi connectivity index (χ1v) is 10.6. The minimum Gasteiger partial charge on any atom is -0.381 e. The molecule has 1 aliphatic carbocycles. The molecule has 0 spiro atoms. The van der Waals surface area contributed by atoms with Crippen LogP contribution < -0.4 is 11.1 Å². The second-order valence-corrected chi connectivity index (χ2v) is 8.09. The molecule has 2 aromatic rings. The molecule has 4 rings (SSSR count). The fraction of sp³-hybridized carbons (Fsp3) is 0.667. The van der Waals surface area contributed by atoms with Crippen LogP contribution in [0.25, 0.3) is 11.3 Å². The maximum atomic E-state index is 6.04. The molecule has 3 N–H and O–H groups in total. The van der Waals surface area contributed by atoms with E-state index in [2.05, 4.69) is 17.2 Å². The molecule has 3 heterocycles. The second-order valence-electron chi connectivity index (χ2n) is 8.09. The van der Waals surface area contributed by atoms with E-state index in [-0.39, 0.29) is 0 Å². The zero-order chi connectivity index (χ0) is 19.5. The van der Waals surface area contributed by atoms with E-state index in [4.69, 9.17) is 20.6 Å². The van der Waals surface area contributed by atoms with Crippen LogP contribution in [0.2, 0.25) is 0 Å². The molecule has 0 aromatic carbocycles. The van der Waals surface area contributed by atoms with Gasteiger partial charge in [-0.2, -0.15) is 5.10 Å². The van der Waals surface area contributed by atoms with E-state index < -0.39 is 0 Å². The first kappa shape index (κ1) is 19.3. The van der Waals surface area contributed by atoms with Gasteiger partial charge in [-0.25, -0.2) is 9.97 Å². The van der Waals surface area contributed by atoms with E-state index >= 15 is 0 Å². The minimum atomic E-state index is 0.342. The van der Waals surface area contributed by atoms with Crippen molar-refractivity contribution in [3.05, 3.63) is 23.7 Å². The van der Waals surface area contributed by atoms with Gasteiger partial charge in [-0.15, -0.1) is 0 Å². The van der Waals surface area contributed by atoms with Crippen LogP contribution in [-0.2, 0) is 18.2 Å². The average Bonchev–Trinajstić information content (AvgIpc) is 3.07. The van der Waals surface area contributed by atoms with Crippen molar-refractivity contribution in [1.29, 1.82) is 0 Å². The highest BCUT2D eigenvalue weighted by Gasteiger charge is 2.27. The fourth-order valence-electron chi connectivity index (χ4n) is 4.54. The van der Waals surface area contributed by atoms with Gasteiger partial charge in [-0.1, -0.05) is 6.92 Å². The second kappa shape index (κ2) is 8.57. The van der Waals surface area contributed by atoms with Crippen molar-refractivity contribution in [2.75, 3.05) is 18.5 Å². The summed E-state index contributed by atoms with van der Waals surface area (Å²) < 4.78 is 7.59. The van der Waals surface area contributed by atoms with Gasteiger partial charge in [0.25, 0.3) is 0 Å². The Morgan fingerprint density at radius 3 is 2.64 bits per heavy atom. The number of aromatic nitrogens is 4. The molecule has 0 unspecified atom stereocenters. The molecule has 1 saturated carbocycles. The quantitative estimate of drug-likeness (QED) is 0.823. The van der Waals surface area contributed by atoms with Crippen LogP contribution in [0.1, 0.15) is 62.8 Å². The Morgan fingerprint density at radius 2 is 1.93 bits per heavy atom.